The summed E-state index contributed by atoms with van der Waals surface area (Å²) in [6.07, 6.45) is 2.08. The molecule has 0 aliphatic rings. The number of anilines is 1. The Kier molecular flexibility index (Phi) is 5.74. The van der Waals surface area contributed by atoms with Gasteiger partial charge in [-0.15, -0.1) is 11.3 Å². The molecule has 0 aliphatic heterocycles. The molecule has 0 unspecified atom stereocenters. The summed E-state index contributed by atoms with van der Waals surface area (Å²) in [5, 5.41) is 8.21. The highest BCUT2D eigenvalue weighted by Gasteiger charge is 2.24. The van der Waals surface area contributed by atoms with Crippen LogP contribution in [0.5, 0.6) is 0 Å². The highest BCUT2D eigenvalue weighted by molar-refractivity contribution is 7.10. The van der Waals surface area contributed by atoms with Gasteiger partial charge in [-0.05, 0) is 54.3 Å². The normalized spacial score (nSPS) is 13.3. The lowest BCUT2D eigenvalue weighted by molar-refractivity contribution is -0.674. The minimum Gasteiger partial charge on any atom is -0.361 e. The Morgan fingerprint density at radius 2 is 1.93 bits per heavy atom. The predicted octanol–water partition coefficient (Wildman–Crippen LogP) is 4.09. The number of aromatic amines is 1. The van der Waals surface area contributed by atoms with Crippen LogP contribution in [0, 0.1) is 5.82 Å². The molecule has 0 saturated carbocycles. The first-order valence-electron chi connectivity index (χ1n) is 9.61. The Morgan fingerprint density at radius 1 is 1.14 bits per heavy atom. The largest absolute Gasteiger partial charge is 0.361 e. The number of benzene rings is 2. The highest BCUT2D eigenvalue weighted by atomic mass is 32.1. The van der Waals surface area contributed by atoms with E-state index in [9.17, 15) is 9.18 Å². The summed E-state index contributed by atoms with van der Waals surface area (Å²) in [6.45, 7) is 2.64. The van der Waals surface area contributed by atoms with Crippen molar-refractivity contribution in [1.82, 2.24) is 4.98 Å². The second-order valence-electron chi connectivity index (χ2n) is 7.11. The highest BCUT2D eigenvalue weighted by Crippen LogP contribution is 2.32. The lowest BCUT2D eigenvalue weighted by Gasteiger charge is -2.17. The van der Waals surface area contributed by atoms with Gasteiger partial charge in [0.1, 0.15) is 5.82 Å². The van der Waals surface area contributed by atoms with E-state index < -0.39 is 0 Å². The van der Waals surface area contributed by atoms with E-state index in [0.717, 1.165) is 12.1 Å². The molecule has 4 nitrogen and oxygen atoms in total. The number of quaternary nitrogens is 1. The number of nitrogens with two attached hydrogens (primary N) is 1. The molecule has 0 aliphatic carbocycles. The summed E-state index contributed by atoms with van der Waals surface area (Å²) in [6, 6.07) is 18.0. The van der Waals surface area contributed by atoms with Crippen LogP contribution in [0.3, 0.4) is 0 Å². The zero-order chi connectivity index (χ0) is 20.2. The number of hydrogen-bond acceptors (Lipinski definition) is 2. The van der Waals surface area contributed by atoms with E-state index in [1.54, 1.807) is 23.5 Å². The Morgan fingerprint density at radius 3 is 2.69 bits per heavy atom. The Hall–Kier alpha value is -2.96. The fourth-order valence-corrected chi connectivity index (χ4v) is 4.36. The summed E-state index contributed by atoms with van der Waals surface area (Å²) in [5.74, 6) is -0.229. The number of fused-ring (bicyclic) bond motifs is 1. The first-order chi connectivity index (χ1) is 14.1. The van der Waals surface area contributed by atoms with Crippen molar-refractivity contribution in [2.24, 2.45) is 0 Å². The maximum Gasteiger partial charge on any atom is 0.282 e. The van der Waals surface area contributed by atoms with Crippen LogP contribution < -0.4 is 10.6 Å². The number of nitrogens with one attached hydrogen (secondary N) is 2. The monoisotopic (exact) mass is 408 g/mol. The van der Waals surface area contributed by atoms with Crippen molar-refractivity contribution >= 4 is 33.8 Å². The van der Waals surface area contributed by atoms with Crippen molar-refractivity contribution < 1.29 is 14.5 Å². The van der Waals surface area contributed by atoms with Crippen molar-refractivity contribution in [1.29, 1.82) is 0 Å². The van der Waals surface area contributed by atoms with E-state index in [-0.39, 0.29) is 23.7 Å². The van der Waals surface area contributed by atoms with Crippen LogP contribution in [0.2, 0.25) is 0 Å². The van der Waals surface area contributed by atoms with Crippen LogP contribution in [0.1, 0.15) is 23.3 Å². The van der Waals surface area contributed by atoms with Gasteiger partial charge in [-0.3, -0.25) is 4.79 Å². The molecular formula is C23H23FN3OS+. The molecule has 2 aromatic heterocycles. The fourth-order valence-electron chi connectivity index (χ4n) is 3.50. The van der Waals surface area contributed by atoms with Crippen molar-refractivity contribution in [3.8, 4) is 0 Å². The summed E-state index contributed by atoms with van der Waals surface area (Å²) >= 11 is 1.73. The van der Waals surface area contributed by atoms with Crippen LogP contribution in [-0.2, 0) is 4.79 Å². The first kappa shape index (κ1) is 19.4. The molecule has 0 fully saturated rings. The van der Waals surface area contributed by atoms with E-state index in [1.165, 1.54) is 28.0 Å². The van der Waals surface area contributed by atoms with Gasteiger partial charge < -0.3 is 15.6 Å². The number of H-pyrrole nitrogens is 1. The molecule has 0 saturated heterocycles. The minimum absolute atomic E-state index is 0.0968. The summed E-state index contributed by atoms with van der Waals surface area (Å²) < 4.78 is 13.1. The van der Waals surface area contributed by atoms with Gasteiger partial charge in [-0.1, -0.05) is 24.3 Å². The molecule has 148 valence electrons. The zero-order valence-corrected chi connectivity index (χ0v) is 16.9. The Labute approximate surface area is 172 Å². The van der Waals surface area contributed by atoms with Crippen LogP contribution in [0.25, 0.3) is 10.9 Å². The molecule has 6 heteroatoms. The number of amides is 1. The van der Waals surface area contributed by atoms with Crippen LogP contribution in [-0.4, -0.2) is 23.5 Å². The molecule has 1 amide bonds. The molecule has 0 spiro atoms. The van der Waals surface area contributed by atoms with Gasteiger partial charge in [-0.2, -0.15) is 0 Å². The molecule has 2 heterocycles. The van der Waals surface area contributed by atoms with Gasteiger partial charge in [-0.25, -0.2) is 4.39 Å². The van der Waals surface area contributed by atoms with Crippen LogP contribution in [0.4, 0.5) is 10.1 Å². The van der Waals surface area contributed by atoms with Gasteiger partial charge in [0.15, 0.2) is 6.04 Å². The van der Waals surface area contributed by atoms with E-state index in [2.05, 4.69) is 51.5 Å². The lowest BCUT2D eigenvalue weighted by atomic mass is 9.96. The SMILES string of the molecule is C[C@H]([NH2+]C[C@@H](c1cccs1)c1c[nH]c2ccccc12)C(=O)Nc1ccc(F)cc1. The van der Waals surface area contributed by atoms with Crippen molar-refractivity contribution in [3.05, 3.63) is 88.5 Å². The minimum atomic E-state index is -0.319. The van der Waals surface area contributed by atoms with Gasteiger partial charge >= 0.3 is 0 Å². The average molecular weight is 409 g/mol. The van der Waals surface area contributed by atoms with Gasteiger partial charge in [0.25, 0.3) is 5.91 Å². The molecule has 4 rings (SSSR count). The Balaban J connectivity index is 1.48. The third-order valence-corrected chi connectivity index (χ3v) is 6.12. The maximum atomic E-state index is 13.1. The second-order valence-corrected chi connectivity index (χ2v) is 8.09. The summed E-state index contributed by atoms with van der Waals surface area (Å²) in [5.41, 5.74) is 2.96. The number of carbonyl (C=O) groups excluding carboxylic acids is 1. The number of thiophene rings is 1. The molecular weight excluding hydrogens is 385 g/mol. The third-order valence-electron chi connectivity index (χ3n) is 5.13. The molecule has 4 aromatic rings. The Bertz CT molecular complexity index is 1090. The van der Waals surface area contributed by atoms with Crippen molar-refractivity contribution in [2.75, 3.05) is 11.9 Å². The second kappa shape index (κ2) is 8.59. The van der Waals surface area contributed by atoms with Crippen LogP contribution >= 0.6 is 11.3 Å². The lowest BCUT2D eigenvalue weighted by Crippen LogP contribution is -2.92. The standard InChI is InChI=1S/C23H22FN3OS/c1-15(23(28)27-17-10-8-16(24)9-11-17)25-14-20(22-7-4-12-29-22)19-13-26-21-6-3-2-5-18(19)21/h2-13,15,20,25-26H,14H2,1H3,(H,27,28)/p+1/t15-,20+/m0/s1. The van der Waals surface area contributed by atoms with Crippen LogP contribution in [0.15, 0.2) is 72.2 Å². The summed E-state index contributed by atoms with van der Waals surface area (Å²) in [4.78, 5) is 17.2. The van der Waals surface area contributed by atoms with E-state index in [1.807, 2.05) is 19.1 Å². The topological polar surface area (TPSA) is 61.5 Å². The molecule has 29 heavy (non-hydrogen) atoms. The quantitative estimate of drug-likeness (QED) is 0.424. The van der Waals surface area contributed by atoms with E-state index in [0.29, 0.717) is 5.69 Å². The molecule has 2 aromatic carbocycles. The molecule has 4 N–H and O–H groups in total. The van der Waals surface area contributed by atoms with Gasteiger partial charge in [0, 0.05) is 27.7 Å². The molecule has 2 atom stereocenters. The van der Waals surface area contributed by atoms with Crippen molar-refractivity contribution in [3.63, 3.8) is 0 Å². The molecule has 0 radical (unpaired) electrons. The number of carbonyl (C=O) groups is 1. The van der Waals surface area contributed by atoms with Crippen molar-refractivity contribution in [2.45, 2.75) is 18.9 Å². The summed E-state index contributed by atoms with van der Waals surface area (Å²) in [7, 11) is 0. The third kappa shape index (κ3) is 4.39. The van der Waals surface area contributed by atoms with E-state index >= 15 is 0 Å². The first-order valence-corrected chi connectivity index (χ1v) is 10.5. The number of halogens is 1. The number of aromatic nitrogens is 1. The smallest absolute Gasteiger partial charge is 0.282 e. The predicted molar refractivity (Wildman–Crippen MR) is 116 cm³/mol. The number of para-hydroxylation sites is 1. The van der Waals surface area contributed by atoms with Gasteiger partial charge in [0.2, 0.25) is 0 Å². The average Bonchev–Trinajstić information content (AvgIpc) is 3.40. The fraction of sp³-hybridized carbons (Fsp3) is 0.174. The number of rotatable bonds is 7. The maximum absolute atomic E-state index is 13.1. The zero-order valence-electron chi connectivity index (χ0n) is 16.1. The molecule has 0 bridgehead atoms. The van der Waals surface area contributed by atoms with Gasteiger partial charge in [0.05, 0.1) is 12.5 Å². The number of hydrogen-bond donors (Lipinski definition) is 3. The van der Waals surface area contributed by atoms with E-state index in [4.69, 9.17) is 0 Å².